The first-order chi connectivity index (χ1) is 8.81. The highest BCUT2D eigenvalue weighted by Gasteiger charge is 2.33. The van der Waals surface area contributed by atoms with Crippen LogP contribution in [-0.4, -0.2) is 12.0 Å². The van der Waals surface area contributed by atoms with Crippen LogP contribution in [0, 0.1) is 11.8 Å². The SMILES string of the molecule is CNC(c1cccc2cnccc12)C(C)C1CC1. The highest BCUT2D eigenvalue weighted by Crippen LogP contribution is 2.43. The van der Waals surface area contributed by atoms with Gasteiger partial charge in [-0.05, 0) is 48.7 Å². The van der Waals surface area contributed by atoms with Crippen LogP contribution in [0.2, 0.25) is 0 Å². The topological polar surface area (TPSA) is 24.9 Å². The highest BCUT2D eigenvalue weighted by atomic mass is 14.9. The average Bonchev–Trinajstić information content (AvgIpc) is 3.24. The minimum atomic E-state index is 0.448. The molecule has 2 atom stereocenters. The van der Waals surface area contributed by atoms with Crippen LogP contribution < -0.4 is 5.32 Å². The fraction of sp³-hybridized carbons (Fsp3) is 0.438. The van der Waals surface area contributed by atoms with E-state index in [2.05, 4.69) is 48.5 Å². The summed E-state index contributed by atoms with van der Waals surface area (Å²) >= 11 is 0. The van der Waals surface area contributed by atoms with Crippen LogP contribution in [0.25, 0.3) is 10.8 Å². The van der Waals surface area contributed by atoms with Crippen LogP contribution in [0.15, 0.2) is 36.7 Å². The first-order valence-corrected chi connectivity index (χ1v) is 6.81. The quantitative estimate of drug-likeness (QED) is 0.884. The van der Waals surface area contributed by atoms with E-state index in [1.807, 2.05) is 12.4 Å². The lowest BCUT2D eigenvalue weighted by Crippen LogP contribution is -2.25. The summed E-state index contributed by atoms with van der Waals surface area (Å²) in [5, 5.41) is 6.08. The van der Waals surface area contributed by atoms with Gasteiger partial charge in [0.15, 0.2) is 0 Å². The number of rotatable bonds is 4. The number of nitrogens with one attached hydrogen (secondary N) is 1. The number of nitrogens with zero attached hydrogens (tertiary/aromatic N) is 1. The van der Waals surface area contributed by atoms with Crippen molar-refractivity contribution in [3.63, 3.8) is 0 Å². The molecule has 3 rings (SSSR count). The van der Waals surface area contributed by atoms with Gasteiger partial charge in [-0.3, -0.25) is 4.98 Å². The van der Waals surface area contributed by atoms with Crippen LogP contribution >= 0.6 is 0 Å². The molecule has 0 bridgehead atoms. The Morgan fingerprint density at radius 1 is 1.28 bits per heavy atom. The summed E-state index contributed by atoms with van der Waals surface area (Å²) < 4.78 is 0. The molecule has 0 radical (unpaired) electrons. The molecular weight excluding hydrogens is 220 g/mol. The van der Waals surface area contributed by atoms with Gasteiger partial charge in [-0.1, -0.05) is 25.1 Å². The summed E-state index contributed by atoms with van der Waals surface area (Å²) in [6, 6.07) is 9.12. The maximum absolute atomic E-state index is 4.21. The van der Waals surface area contributed by atoms with E-state index in [1.54, 1.807) is 0 Å². The molecule has 1 heterocycles. The van der Waals surface area contributed by atoms with Crippen LogP contribution in [0.3, 0.4) is 0 Å². The number of fused-ring (bicyclic) bond motifs is 1. The monoisotopic (exact) mass is 240 g/mol. The summed E-state index contributed by atoms with van der Waals surface area (Å²) in [5.41, 5.74) is 1.41. The molecule has 1 aromatic heterocycles. The van der Waals surface area contributed by atoms with Crippen molar-refractivity contribution < 1.29 is 0 Å². The van der Waals surface area contributed by atoms with Crippen molar-refractivity contribution in [2.45, 2.75) is 25.8 Å². The molecule has 2 heteroatoms. The fourth-order valence-corrected chi connectivity index (χ4v) is 3.01. The Bertz CT molecular complexity index is 540. The Balaban J connectivity index is 2.05. The van der Waals surface area contributed by atoms with Crippen molar-refractivity contribution in [1.29, 1.82) is 0 Å². The normalized spacial score (nSPS) is 18.8. The Labute approximate surface area is 108 Å². The third-order valence-corrected chi connectivity index (χ3v) is 4.25. The van der Waals surface area contributed by atoms with Gasteiger partial charge in [0.2, 0.25) is 0 Å². The first-order valence-electron chi connectivity index (χ1n) is 6.81. The predicted octanol–water partition coefficient (Wildman–Crippen LogP) is 3.54. The molecule has 1 N–H and O–H groups in total. The second-order valence-corrected chi connectivity index (χ2v) is 5.41. The standard InChI is InChI=1S/C16H20N2/c1-11(12-6-7-12)16(17-2)15-5-3-4-13-10-18-9-8-14(13)15/h3-5,8-12,16-17H,6-7H2,1-2H3. The maximum Gasteiger partial charge on any atom is 0.0352 e. The number of pyridine rings is 1. The molecule has 2 aromatic rings. The smallest absolute Gasteiger partial charge is 0.0352 e. The predicted molar refractivity (Wildman–Crippen MR) is 75.4 cm³/mol. The molecule has 1 fully saturated rings. The lowest BCUT2D eigenvalue weighted by molar-refractivity contribution is 0.371. The second-order valence-electron chi connectivity index (χ2n) is 5.41. The summed E-state index contributed by atoms with van der Waals surface area (Å²) in [4.78, 5) is 4.21. The van der Waals surface area contributed by atoms with Crippen LogP contribution in [-0.2, 0) is 0 Å². The molecule has 0 aliphatic heterocycles. The van der Waals surface area contributed by atoms with E-state index in [0.29, 0.717) is 12.0 Å². The maximum atomic E-state index is 4.21. The van der Waals surface area contributed by atoms with Gasteiger partial charge in [0.25, 0.3) is 0 Å². The molecule has 1 aliphatic rings. The van der Waals surface area contributed by atoms with Gasteiger partial charge in [0, 0.05) is 23.8 Å². The van der Waals surface area contributed by atoms with Crippen molar-refractivity contribution in [3.05, 3.63) is 42.2 Å². The molecule has 94 valence electrons. The molecule has 0 saturated heterocycles. The molecule has 2 unspecified atom stereocenters. The lowest BCUT2D eigenvalue weighted by atomic mass is 9.88. The number of hydrogen-bond donors (Lipinski definition) is 1. The Hall–Kier alpha value is -1.41. The van der Waals surface area contributed by atoms with E-state index < -0.39 is 0 Å². The van der Waals surface area contributed by atoms with Gasteiger partial charge in [0.1, 0.15) is 0 Å². The Morgan fingerprint density at radius 3 is 2.83 bits per heavy atom. The average molecular weight is 240 g/mol. The molecule has 2 nitrogen and oxygen atoms in total. The Morgan fingerprint density at radius 2 is 2.11 bits per heavy atom. The van der Waals surface area contributed by atoms with E-state index in [0.717, 1.165) is 5.92 Å². The van der Waals surface area contributed by atoms with E-state index in [1.165, 1.54) is 29.2 Å². The second kappa shape index (κ2) is 4.69. The number of benzene rings is 1. The van der Waals surface area contributed by atoms with E-state index in [4.69, 9.17) is 0 Å². The van der Waals surface area contributed by atoms with Crippen molar-refractivity contribution in [3.8, 4) is 0 Å². The van der Waals surface area contributed by atoms with Crippen molar-refractivity contribution in [2.24, 2.45) is 11.8 Å². The minimum absolute atomic E-state index is 0.448. The molecule has 18 heavy (non-hydrogen) atoms. The van der Waals surface area contributed by atoms with Crippen molar-refractivity contribution >= 4 is 10.8 Å². The zero-order chi connectivity index (χ0) is 12.5. The first kappa shape index (κ1) is 11.7. The molecule has 0 spiro atoms. The fourth-order valence-electron chi connectivity index (χ4n) is 3.01. The summed E-state index contributed by atoms with van der Waals surface area (Å²) in [6.45, 7) is 2.37. The Kier molecular flexibility index (Phi) is 3.04. The van der Waals surface area contributed by atoms with Gasteiger partial charge in [-0.2, -0.15) is 0 Å². The summed E-state index contributed by atoms with van der Waals surface area (Å²) in [6.07, 6.45) is 6.63. The lowest BCUT2D eigenvalue weighted by Gasteiger charge is -2.25. The summed E-state index contributed by atoms with van der Waals surface area (Å²) in [7, 11) is 2.07. The van der Waals surface area contributed by atoms with Crippen molar-refractivity contribution in [2.75, 3.05) is 7.05 Å². The third kappa shape index (κ3) is 2.01. The summed E-state index contributed by atoms with van der Waals surface area (Å²) in [5.74, 6) is 1.60. The van der Waals surface area contributed by atoms with Crippen LogP contribution in [0.4, 0.5) is 0 Å². The van der Waals surface area contributed by atoms with E-state index >= 15 is 0 Å². The molecular formula is C16H20N2. The highest BCUT2D eigenvalue weighted by molar-refractivity contribution is 5.85. The number of aromatic nitrogens is 1. The van der Waals surface area contributed by atoms with Crippen LogP contribution in [0.1, 0.15) is 31.4 Å². The largest absolute Gasteiger partial charge is 0.313 e. The van der Waals surface area contributed by atoms with Gasteiger partial charge in [-0.25, -0.2) is 0 Å². The van der Waals surface area contributed by atoms with E-state index in [-0.39, 0.29) is 0 Å². The van der Waals surface area contributed by atoms with Gasteiger partial charge < -0.3 is 5.32 Å². The molecule has 1 aromatic carbocycles. The number of hydrogen-bond acceptors (Lipinski definition) is 2. The van der Waals surface area contributed by atoms with Gasteiger partial charge in [0.05, 0.1) is 0 Å². The molecule has 1 aliphatic carbocycles. The molecule has 1 saturated carbocycles. The zero-order valence-electron chi connectivity index (χ0n) is 11.1. The van der Waals surface area contributed by atoms with Crippen molar-refractivity contribution in [1.82, 2.24) is 10.3 Å². The van der Waals surface area contributed by atoms with Gasteiger partial charge >= 0.3 is 0 Å². The van der Waals surface area contributed by atoms with E-state index in [9.17, 15) is 0 Å². The van der Waals surface area contributed by atoms with Gasteiger partial charge in [-0.15, -0.1) is 0 Å². The minimum Gasteiger partial charge on any atom is -0.313 e. The molecule has 0 amide bonds. The zero-order valence-corrected chi connectivity index (χ0v) is 11.1. The van der Waals surface area contributed by atoms with Crippen LogP contribution in [0.5, 0.6) is 0 Å². The third-order valence-electron chi connectivity index (χ3n) is 4.25.